The Morgan fingerprint density at radius 1 is 0.809 bits per heavy atom. The van der Waals surface area contributed by atoms with Gasteiger partial charge in [0, 0.05) is 6.61 Å². The molecular formula is C40H68O7. The number of carboxylic acid groups (broad SMARTS) is 1. The van der Waals surface area contributed by atoms with Crippen molar-refractivity contribution in [1.82, 2.24) is 0 Å². The first-order chi connectivity index (χ1) is 21.8. The molecule has 6 rings (SSSR count). The molecule has 1 aliphatic heterocycles. The molecule has 1 unspecified atom stereocenters. The molecule has 0 spiro atoms. The Hall–Kier alpha value is -0.730. The quantitative estimate of drug-likeness (QED) is 0.230. The molecule has 16 atom stereocenters. The van der Waals surface area contributed by atoms with Crippen LogP contribution in [0.25, 0.3) is 0 Å². The number of aliphatic hydroxyl groups excluding tert-OH is 3. The summed E-state index contributed by atoms with van der Waals surface area (Å²) in [6.45, 7) is 21.9. The molecule has 7 heteroatoms. The highest BCUT2D eigenvalue weighted by atomic mass is 16.5. The second-order valence-electron chi connectivity index (χ2n) is 19.5. The van der Waals surface area contributed by atoms with Gasteiger partial charge < -0.3 is 29.9 Å². The number of carbonyl (C=O) groups is 1. The smallest absolute Gasteiger partial charge is 0.309 e. The van der Waals surface area contributed by atoms with E-state index in [1.165, 1.54) is 32.1 Å². The molecule has 0 aromatic rings. The zero-order chi connectivity index (χ0) is 34.5. The lowest BCUT2D eigenvalue weighted by Gasteiger charge is -2.73. The van der Waals surface area contributed by atoms with Crippen LogP contribution in [0.1, 0.15) is 133 Å². The highest BCUT2D eigenvalue weighted by Crippen LogP contribution is 2.77. The molecule has 5 aliphatic carbocycles. The molecule has 1 heterocycles. The minimum absolute atomic E-state index is 0.0285. The lowest BCUT2D eigenvalue weighted by molar-refractivity contribution is -0.254. The third kappa shape index (κ3) is 5.23. The summed E-state index contributed by atoms with van der Waals surface area (Å²) in [5.41, 5.74) is 0.131. The highest BCUT2D eigenvalue weighted by Gasteiger charge is 2.72. The van der Waals surface area contributed by atoms with Gasteiger partial charge in [0.05, 0.1) is 23.7 Å². The van der Waals surface area contributed by atoms with E-state index in [0.717, 1.165) is 32.1 Å². The minimum atomic E-state index is -1.19. The van der Waals surface area contributed by atoms with Crippen LogP contribution in [0.2, 0.25) is 0 Å². The number of rotatable bonds is 7. The summed E-state index contributed by atoms with van der Waals surface area (Å²) in [7, 11) is 0. The Kier molecular flexibility index (Phi) is 9.37. The van der Waals surface area contributed by atoms with Crippen molar-refractivity contribution in [3.63, 3.8) is 0 Å². The van der Waals surface area contributed by atoms with Crippen molar-refractivity contribution in [3.8, 4) is 0 Å². The number of aliphatic carboxylic acids is 1. The van der Waals surface area contributed by atoms with Crippen LogP contribution in [-0.4, -0.2) is 69.6 Å². The summed E-state index contributed by atoms with van der Waals surface area (Å²) >= 11 is 0. The van der Waals surface area contributed by atoms with Gasteiger partial charge in [-0.25, -0.2) is 0 Å². The van der Waals surface area contributed by atoms with E-state index in [4.69, 9.17) is 9.47 Å². The van der Waals surface area contributed by atoms with Crippen LogP contribution in [0.4, 0.5) is 0 Å². The number of hydrogen-bond acceptors (Lipinski definition) is 6. The van der Waals surface area contributed by atoms with E-state index in [1.54, 1.807) is 6.92 Å². The molecule has 0 aromatic heterocycles. The summed E-state index contributed by atoms with van der Waals surface area (Å²) in [6, 6.07) is 0. The SMILES string of the molecule is CC(CO[C@H]1CC[C@]2(C)[C@H]3CC[C@@H]4[C@@H]5[C@H](C(C)C)CC[C@]5(C(=O)O)CC[C@@]4(C)[C@]3(C)CC[C@H]2C1(C)C)C[C@@H]1O[C@@H](C)[C@@H](O)[C@@H](O)[C@@H]1O. The molecule has 270 valence electrons. The van der Waals surface area contributed by atoms with Crippen LogP contribution in [0.5, 0.6) is 0 Å². The summed E-state index contributed by atoms with van der Waals surface area (Å²) in [4.78, 5) is 13.0. The van der Waals surface area contributed by atoms with Gasteiger partial charge in [0.25, 0.3) is 0 Å². The fourth-order valence-electron chi connectivity index (χ4n) is 14.1. The second kappa shape index (κ2) is 12.2. The molecule has 5 saturated carbocycles. The molecule has 0 bridgehead atoms. The van der Waals surface area contributed by atoms with E-state index in [9.17, 15) is 25.2 Å². The average Bonchev–Trinajstić information content (AvgIpc) is 3.40. The van der Waals surface area contributed by atoms with Gasteiger partial charge in [-0.15, -0.1) is 0 Å². The Bertz CT molecular complexity index is 1170. The highest BCUT2D eigenvalue weighted by molar-refractivity contribution is 5.76. The van der Waals surface area contributed by atoms with Crippen LogP contribution in [0, 0.1) is 68.5 Å². The Morgan fingerprint density at radius 3 is 2.17 bits per heavy atom. The average molecular weight is 661 g/mol. The minimum Gasteiger partial charge on any atom is -0.481 e. The maximum atomic E-state index is 13.0. The van der Waals surface area contributed by atoms with Crippen molar-refractivity contribution in [3.05, 3.63) is 0 Å². The van der Waals surface area contributed by atoms with Gasteiger partial charge in [-0.05, 0) is 141 Å². The maximum absolute atomic E-state index is 13.0. The first-order valence-electron chi connectivity index (χ1n) is 19.4. The Morgan fingerprint density at radius 2 is 1.51 bits per heavy atom. The molecule has 0 radical (unpaired) electrons. The van der Waals surface area contributed by atoms with Gasteiger partial charge in [0.1, 0.15) is 18.3 Å². The first kappa shape index (κ1) is 36.1. The summed E-state index contributed by atoms with van der Waals surface area (Å²) < 4.78 is 12.7. The van der Waals surface area contributed by atoms with E-state index < -0.39 is 41.9 Å². The zero-order valence-corrected chi connectivity index (χ0v) is 31.0. The van der Waals surface area contributed by atoms with Gasteiger partial charge >= 0.3 is 5.97 Å². The Balaban J connectivity index is 1.17. The van der Waals surface area contributed by atoms with Crippen molar-refractivity contribution in [2.24, 2.45) is 68.5 Å². The standard InChI is InChI=1S/C40H68O7/c1-22(2)25-12-17-40(35(44)45)19-18-38(8)26(31(25)40)10-11-29-37(7)15-14-30(36(5,6)28(37)13-16-39(29,38)9)46-21-23(3)20-27-33(42)34(43)32(41)24(4)47-27/h22-34,41-43H,10-21H2,1-9H3,(H,44,45)/t23?,24-,25-,26+,27-,28-,29+,30-,31-,32+,33+,34+,37-,38+,39+,40-/m0/s1. The molecule has 4 N–H and O–H groups in total. The lowest BCUT2D eigenvalue weighted by Crippen LogP contribution is -2.67. The second-order valence-corrected chi connectivity index (χ2v) is 19.5. The van der Waals surface area contributed by atoms with Gasteiger partial charge in [0.15, 0.2) is 0 Å². The molecule has 7 nitrogen and oxygen atoms in total. The zero-order valence-electron chi connectivity index (χ0n) is 31.0. The van der Waals surface area contributed by atoms with Gasteiger partial charge in [-0.2, -0.15) is 0 Å². The van der Waals surface area contributed by atoms with Crippen LogP contribution in [0.3, 0.4) is 0 Å². The monoisotopic (exact) mass is 660 g/mol. The van der Waals surface area contributed by atoms with Crippen LogP contribution < -0.4 is 0 Å². The van der Waals surface area contributed by atoms with Crippen molar-refractivity contribution in [1.29, 1.82) is 0 Å². The van der Waals surface area contributed by atoms with Crippen molar-refractivity contribution in [2.75, 3.05) is 6.61 Å². The molecule has 6 fully saturated rings. The largest absolute Gasteiger partial charge is 0.481 e. The summed E-state index contributed by atoms with van der Waals surface area (Å²) in [5, 5.41) is 41.6. The van der Waals surface area contributed by atoms with E-state index >= 15 is 0 Å². The van der Waals surface area contributed by atoms with Gasteiger partial charge in [0.2, 0.25) is 0 Å². The number of carboxylic acids is 1. The summed E-state index contributed by atoms with van der Waals surface area (Å²) in [5.74, 6) is 2.69. The topological polar surface area (TPSA) is 116 Å². The molecule has 1 saturated heterocycles. The van der Waals surface area contributed by atoms with E-state index in [-0.39, 0.29) is 33.7 Å². The molecule has 0 aromatic carbocycles. The van der Waals surface area contributed by atoms with E-state index in [2.05, 4.69) is 55.4 Å². The molecule has 0 amide bonds. The fraction of sp³-hybridized carbons (Fsp3) is 0.975. The molecule has 47 heavy (non-hydrogen) atoms. The van der Waals surface area contributed by atoms with Gasteiger partial charge in [-0.3, -0.25) is 4.79 Å². The number of hydrogen-bond donors (Lipinski definition) is 4. The van der Waals surface area contributed by atoms with Crippen LogP contribution >= 0.6 is 0 Å². The Labute approximate surface area is 285 Å². The van der Waals surface area contributed by atoms with Crippen LogP contribution in [-0.2, 0) is 14.3 Å². The van der Waals surface area contributed by atoms with Crippen molar-refractivity contribution >= 4 is 5.97 Å². The molecule has 6 aliphatic rings. The van der Waals surface area contributed by atoms with E-state index in [0.29, 0.717) is 48.5 Å². The lowest BCUT2D eigenvalue weighted by atomic mass is 9.32. The normalized spacial score (nSPS) is 53.0. The van der Waals surface area contributed by atoms with Crippen molar-refractivity contribution < 1.29 is 34.7 Å². The fourth-order valence-corrected chi connectivity index (χ4v) is 14.1. The van der Waals surface area contributed by atoms with Crippen LogP contribution in [0.15, 0.2) is 0 Å². The number of fused-ring (bicyclic) bond motifs is 7. The predicted molar refractivity (Wildman–Crippen MR) is 183 cm³/mol. The first-order valence-corrected chi connectivity index (χ1v) is 19.4. The van der Waals surface area contributed by atoms with Gasteiger partial charge in [-0.1, -0.05) is 55.4 Å². The van der Waals surface area contributed by atoms with E-state index in [1.807, 2.05) is 0 Å². The third-order valence-electron chi connectivity index (χ3n) is 16.9. The maximum Gasteiger partial charge on any atom is 0.309 e. The molecular weight excluding hydrogens is 592 g/mol. The third-order valence-corrected chi connectivity index (χ3v) is 16.9. The summed E-state index contributed by atoms with van der Waals surface area (Å²) in [6.07, 6.45) is 7.25. The number of ether oxygens (including phenoxy) is 2. The number of aliphatic hydroxyl groups is 3. The van der Waals surface area contributed by atoms with Crippen molar-refractivity contribution in [2.45, 2.75) is 170 Å². The predicted octanol–water partition coefficient (Wildman–Crippen LogP) is 7.09.